The predicted molar refractivity (Wildman–Crippen MR) is 97.3 cm³/mol. The van der Waals surface area contributed by atoms with E-state index in [1.54, 1.807) is 37.3 Å². The number of imide groups is 1. The molecule has 0 saturated carbocycles. The van der Waals surface area contributed by atoms with Gasteiger partial charge in [-0.25, -0.2) is 4.79 Å². The number of rotatable bonds is 7. The van der Waals surface area contributed by atoms with Crippen molar-refractivity contribution in [2.24, 2.45) is 0 Å². The summed E-state index contributed by atoms with van der Waals surface area (Å²) >= 11 is 0. The van der Waals surface area contributed by atoms with Gasteiger partial charge in [-0.1, -0.05) is 60.7 Å². The molecule has 0 saturated heterocycles. The molecule has 0 heterocycles. The zero-order valence-corrected chi connectivity index (χ0v) is 14.6. The van der Waals surface area contributed by atoms with Crippen molar-refractivity contribution in [3.63, 3.8) is 0 Å². The minimum Gasteiger partial charge on any atom is -0.447 e. The fraction of sp³-hybridized carbons (Fsp3) is 0.250. The second kappa shape index (κ2) is 9.98. The third-order valence-corrected chi connectivity index (χ3v) is 3.62. The van der Waals surface area contributed by atoms with Crippen LogP contribution in [-0.2, 0) is 20.7 Å². The molecule has 136 valence electrons. The number of carbonyl (C=O) groups is 3. The van der Waals surface area contributed by atoms with E-state index in [2.05, 4.69) is 10.6 Å². The smallest absolute Gasteiger partial charge is 0.321 e. The van der Waals surface area contributed by atoms with E-state index in [1.165, 1.54) is 0 Å². The zero-order chi connectivity index (χ0) is 18.8. The molecule has 0 unspecified atom stereocenters. The molecule has 0 aliphatic heterocycles. The van der Waals surface area contributed by atoms with Gasteiger partial charge in [0, 0.05) is 18.5 Å². The van der Waals surface area contributed by atoms with Gasteiger partial charge in [0.2, 0.25) is 6.10 Å². The summed E-state index contributed by atoms with van der Waals surface area (Å²) in [5, 5.41) is 4.66. The summed E-state index contributed by atoms with van der Waals surface area (Å²) in [5.41, 5.74) is 1.51. The first kappa shape index (κ1) is 19.2. The summed E-state index contributed by atoms with van der Waals surface area (Å²) < 4.78 is 5.37. The van der Waals surface area contributed by atoms with Crippen molar-refractivity contribution in [3.8, 4) is 0 Å². The van der Waals surface area contributed by atoms with Gasteiger partial charge in [0.1, 0.15) is 0 Å². The Morgan fingerprint density at radius 2 is 1.58 bits per heavy atom. The summed E-state index contributed by atoms with van der Waals surface area (Å²) in [5.74, 6) is -1.19. The van der Waals surface area contributed by atoms with E-state index in [0.717, 1.165) is 5.56 Å². The van der Waals surface area contributed by atoms with Crippen LogP contribution >= 0.6 is 0 Å². The summed E-state index contributed by atoms with van der Waals surface area (Å²) in [6.45, 7) is 2.12. The first-order chi connectivity index (χ1) is 12.6. The third kappa shape index (κ3) is 6.05. The van der Waals surface area contributed by atoms with Crippen molar-refractivity contribution in [2.45, 2.75) is 25.9 Å². The van der Waals surface area contributed by atoms with Crippen LogP contribution in [0.15, 0.2) is 60.7 Å². The lowest BCUT2D eigenvalue weighted by Crippen LogP contribution is -2.42. The molecular formula is C20H22N2O4. The number of aryl methyl sites for hydroxylation is 1. The van der Waals surface area contributed by atoms with Crippen LogP contribution in [0.5, 0.6) is 0 Å². The maximum absolute atomic E-state index is 12.4. The fourth-order valence-corrected chi connectivity index (χ4v) is 2.36. The zero-order valence-electron chi connectivity index (χ0n) is 14.6. The Hall–Kier alpha value is -3.15. The number of nitrogens with one attached hydrogen (secondary N) is 2. The molecule has 0 aliphatic rings. The monoisotopic (exact) mass is 354 g/mol. The highest BCUT2D eigenvalue weighted by Gasteiger charge is 2.26. The van der Waals surface area contributed by atoms with Crippen molar-refractivity contribution in [1.29, 1.82) is 0 Å². The third-order valence-electron chi connectivity index (χ3n) is 3.62. The largest absolute Gasteiger partial charge is 0.447 e. The van der Waals surface area contributed by atoms with Gasteiger partial charge in [-0.05, 0) is 18.9 Å². The minimum absolute atomic E-state index is 0.141. The van der Waals surface area contributed by atoms with Gasteiger partial charge in [0.05, 0.1) is 0 Å². The van der Waals surface area contributed by atoms with Gasteiger partial charge < -0.3 is 10.1 Å². The van der Waals surface area contributed by atoms with Crippen LogP contribution in [0.4, 0.5) is 4.79 Å². The van der Waals surface area contributed by atoms with Crippen LogP contribution in [0.3, 0.4) is 0 Å². The van der Waals surface area contributed by atoms with Gasteiger partial charge in [0.15, 0.2) is 0 Å². The SMILES string of the molecule is CCNC(=O)NC(=O)[C@H](OC(=O)CCc1ccccc1)c1ccccc1. The lowest BCUT2D eigenvalue weighted by molar-refractivity contribution is -0.156. The van der Waals surface area contributed by atoms with Gasteiger partial charge in [0.25, 0.3) is 5.91 Å². The molecule has 0 spiro atoms. The highest BCUT2D eigenvalue weighted by Crippen LogP contribution is 2.19. The lowest BCUT2D eigenvalue weighted by atomic mass is 10.1. The van der Waals surface area contributed by atoms with Crippen LogP contribution in [0.1, 0.15) is 30.6 Å². The fourth-order valence-electron chi connectivity index (χ4n) is 2.36. The maximum atomic E-state index is 12.4. The number of hydrogen-bond donors (Lipinski definition) is 2. The molecule has 2 aromatic rings. The van der Waals surface area contributed by atoms with E-state index in [4.69, 9.17) is 4.74 Å². The predicted octanol–water partition coefficient (Wildman–Crippen LogP) is 2.75. The van der Waals surface area contributed by atoms with Crippen molar-refractivity contribution in [1.82, 2.24) is 10.6 Å². The Bertz CT molecular complexity index is 732. The molecule has 0 aliphatic carbocycles. The van der Waals surface area contributed by atoms with Crippen molar-refractivity contribution >= 4 is 17.9 Å². The minimum atomic E-state index is -1.18. The molecule has 0 fully saturated rings. The number of amides is 3. The number of hydrogen-bond acceptors (Lipinski definition) is 4. The Labute approximate surface area is 152 Å². The first-order valence-corrected chi connectivity index (χ1v) is 8.47. The second-order valence-corrected chi connectivity index (χ2v) is 5.61. The van der Waals surface area contributed by atoms with E-state index in [0.29, 0.717) is 18.5 Å². The van der Waals surface area contributed by atoms with Crippen molar-refractivity contribution < 1.29 is 19.1 Å². The van der Waals surface area contributed by atoms with E-state index in [9.17, 15) is 14.4 Å². The van der Waals surface area contributed by atoms with Gasteiger partial charge in [-0.3, -0.25) is 14.9 Å². The highest BCUT2D eigenvalue weighted by atomic mass is 16.5. The van der Waals surface area contributed by atoms with E-state index < -0.39 is 24.0 Å². The summed E-state index contributed by atoms with van der Waals surface area (Å²) in [4.78, 5) is 36.2. The molecule has 6 nitrogen and oxygen atoms in total. The molecule has 26 heavy (non-hydrogen) atoms. The first-order valence-electron chi connectivity index (χ1n) is 8.47. The van der Waals surface area contributed by atoms with E-state index in [-0.39, 0.29) is 6.42 Å². The number of urea groups is 1. The Morgan fingerprint density at radius 3 is 2.19 bits per heavy atom. The molecule has 2 N–H and O–H groups in total. The van der Waals surface area contributed by atoms with Crippen LogP contribution in [0, 0.1) is 0 Å². The van der Waals surface area contributed by atoms with Crippen LogP contribution < -0.4 is 10.6 Å². The Morgan fingerprint density at radius 1 is 0.962 bits per heavy atom. The van der Waals surface area contributed by atoms with Crippen LogP contribution in [-0.4, -0.2) is 24.5 Å². The van der Waals surface area contributed by atoms with Gasteiger partial charge in [-0.15, -0.1) is 0 Å². The Balaban J connectivity index is 2.02. The van der Waals surface area contributed by atoms with Crippen LogP contribution in [0.25, 0.3) is 0 Å². The molecule has 3 amide bonds. The number of esters is 1. The molecule has 1 atom stereocenters. The molecule has 2 aromatic carbocycles. The van der Waals surface area contributed by atoms with Gasteiger partial charge >= 0.3 is 12.0 Å². The van der Waals surface area contributed by atoms with E-state index in [1.807, 2.05) is 30.3 Å². The van der Waals surface area contributed by atoms with E-state index >= 15 is 0 Å². The second-order valence-electron chi connectivity index (χ2n) is 5.61. The molecular weight excluding hydrogens is 332 g/mol. The average Bonchev–Trinajstić information content (AvgIpc) is 2.66. The summed E-state index contributed by atoms with van der Waals surface area (Å²) in [6, 6.07) is 17.5. The normalized spacial score (nSPS) is 11.3. The molecule has 2 rings (SSSR count). The summed E-state index contributed by atoms with van der Waals surface area (Å²) in [6.07, 6.45) is -0.525. The molecule has 0 bridgehead atoms. The average molecular weight is 354 g/mol. The molecule has 0 radical (unpaired) electrons. The van der Waals surface area contributed by atoms with Crippen molar-refractivity contribution in [2.75, 3.05) is 6.54 Å². The molecule has 6 heteroatoms. The highest BCUT2D eigenvalue weighted by molar-refractivity contribution is 5.97. The standard InChI is InChI=1S/C20H22N2O4/c1-2-21-20(25)22-19(24)18(16-11-7-4-8-12-16)26-17(23)14-13-15-9-5-3-6-10-15/h3-12,18H,2,13-14H2,1H3,(H2,21,22,24,25)/t18-/m1/s1. The van der Waals surface area contributed by atoms with Crippen LogP contribution in [0.2, 0.25) is 0 Å². The number of benzene rings is 2. The van der Waals surface area contributed by atoms with Crippen molar-refractivity contribution in [3.05, 3.63) is 71.8 Å². The Kier molecular flexibility index (Phi) is 7.36. The number of ether oxygens (including phenoxy) is 1. The number of carbonyl (C=O) groups excluding carboxylic acids is 3. The molecule has 0 aromatic heterocycles. The van der Waals surface area contributed by atoms with Gasteiger partial charge in [-0.2, -0.15) is 0 Å². The topological polar surface area (TPSA) is 84.5 Å². The quantitative estimate of drug-likeness (QED) is 0.749. The maximum Gasteiger partial charge on any atom is 0.321 e. The summed E-state index contributed by atoms with van der Waals surface area (Å²) in [7, 11) is 0. The lowest BCUT2D eigenvalue weighted by Gasteiger charge is -2.17.